The number of hydrogen-bond acceptors (Lipinski definition) is 3. The lowest BCUT2D eigenvalue weighted by atomic mass is 10.2. The van der Waals surface area contributed by atoms with Crippen LogP contribution in [0.4, 0.5) is 16.3 Å². The molecule has 2 N–H and O–H groups in total. The highest BCUT2D eigenvalue weighted by Crippen LogP contribution is 2.22. The Balaban J connectivity index is 1.68. The van der Waals surface area contributed by atoms with Crippen LogP contribution < -0.4 is 10.6 Å². The summed E-state index contributed by atoms with van der Waals surface area (Å²) in [5.74, 6) is 0.969. The Hall–Kier alpha value is -3.08. The normalized spacial score (nSPS) is 10.2. The molecule has 1 aromatic heterocycles. The first-order valence-electron chi connectivity index (χ1n) is 6.88. The Labute approximate surface area is 128 Å². The molecule has 0 radical (unpaired) electrons. The van der Waals surface area contributed by atoms with Crippen LogP contribution in [-0.4, -0.2) is 11.2 Å². The quantitative estimate of drug-likeness (QED) is 0.756. The van der Waals surface area contributed by atoms with E-state index < -0.39 is 0 Å². The van der Waals surface area contributed by atoms with Gasteiger partial charge in [0, 0.05) is 17.3 Å². The highest BCUT2D eigenvalue weighted by molar-refractivity contribution is 5.99. The zero-order chi connectivity index (χ0) is 15.4. The molecule has 0 atom stereocenters. The SMILES string of the molecule is Cc1ccccc1NC(=O)Nc1cc(-c2ccccc2)on1. The Bertz CT molecular complexity index is 781. The summed E-state index contributed by atoms with van der Waals surface area (Å²) in [6.45, 7) is 1.93. The zero-order valence-electron chi connectivity index (χ0n) is 12.0. The van der Waals surface area contributed by atoms with Gasteiger partial charge >= 0.3 is 6.03 Å². The van der Waals surface area contributed by atoms with E-state index in [9.17, 15) is 4.79 Å². The molecule has 2 aromatic carbocycles. The Morgan fingerprint density at radius 1 is 1.00 bits per heavy atom. The van der Waals surface area contributed by atoms with Crippen LogP contribution in [-0.2, 0) is 0 Å². The van der Waals surface area contributed by atoms with Gasteiger partial charge < -0.3 is 9.84 Å². The Kier molecular flexibility index (Phi) is 3.87. The van der Waals surface area contributed by atoms with Crippen LogP contribution in [0.15, 0.2) is 65.2 Å². The lowest BCUT2D eigenvalue weighted by Crippen LogP contribution is -2.20. The fourth-order valence-electron chi connectivity index (χ4n) is 2.06. The molecular weight excluding hydrogens is 278 g/mol. The third-order valence-electron chi connectivity index (χ3n) is 3.20. The van der Waals surface area contributed by atoms with Crippen molar-refractivity contribution in [3.8, 4) is 11.3 Å². The molecular formula is C17H15N3O2. The number of rotatable bonds is 3. The van der Waals surface area contributed by atoms with Crippen molar-refractivity contribution in [3.63, 3.8) is 0 Å². The number of nitrogens with one attached hydrogen (secondary N) is 2. The van der Waals surface area contributed by atoms with Crippen LogP contribution in [0, 0.1) is 6.92 Å². The third-order valence-corrected chi connectivity index (χ3v) is 3.20. The van der Waals surface area contributed by atoms with Gasteiger partial charge in [-0.1, -0.05) is 53.7 Å². The van der Waals surface area contributed by atoms with Gasteiger partial charge in [0.1, 0.15) is 0 Å². The van der Waals surface area contributed by atoms with Crippen molar-refractivity contribution in [2.45, 2.75) is 6.92 Å². The fraction of sp³-hybridized carbons (Fsp3) is 0.0588. The van der Waals surface area contributed by atoms with Crippen molar-refractivity contribution < 1.29 is 9.32 Å². The minimum atomic E-state index is -0.359. The van der Waals surface area contributed by atoms with E-state index in [0.29, 0.717) is 11.6 Å². The van der Waals surface area contributed by atoms with Crippen LogP contribution in [0.25, 0.3) is 11.3 Å². The first-order chi connectivity index (χ1) is 10.7. The number of carbonyl (C=O) groups excluding carboxylic acids is 1. The molecule has 1 heterocycles. The number of carbonyl (C=O) groups is 1. The zero-order valence-corrected chi connectivity index (χ0v) is 12.0. The van der Waals surface area contributed by atoms with Crippen LogP contribution in [0.1, 0.15) is 5.56 Å². The highest BCUT2D eigenvalue weighted by Gasteiger charge is 2.10. The molecule has 2 amide bonds. The predicted molar refractivity (Wildman–Crippen MR) is 85.8 cm³/mol. The second-order valence-corrected chi connectivity index (χ2v) is 4.84. The summed E-state index contributed by atoms with van der Waals surface area (Å²) in [6.07, 6.45) is 0. The first-order valence-corrected chi connectivity index (χ1v) is 6.88. The molecule has 0 aliphatic carbocycles. The number of para-hydroxylation sites is 1. The summed E-state index contributed by atoms with van der Waals surface area (Å²) >= 11 is 0. The second-order valence-electron chi connectivity index (χ2n) is 4.84. The summed E-state index contributed by atoms with van der Waals surface area (Å²) < 4.78 is 5.23. The van der Waals surface area contributed by atoms with Gasteiger partial charge in [0.2, 0.25) is 0 Å². The number of aryl methyl sites for hydroxylation is 1. The van der Waals surface area contributed by atoms with Gasteiger partial charge in [-0.15, -0.1) is 0 Å². The number of aromatic nitrogens is 1. The number of benzene rings is 2. The molecule has 110 valence electrons. The molecule has 3 aromatic rings. The summed E-state index contributed by atoms with van der Waals surface area (Å²) in [5.41, 5.74) is 2.65. The van der Waals surface area contributed by atoms with Crippen LogP contribution in [0.2, 0.25) is 0 Å². The monoisotopic (exact) mass is 293 g/mol. The topological polar surface area (TPSA) is 67.2 Å². The van der Waals surface area contributed by atoms with Crippen molar-refractivity contribution in [2.24, 2.45) is 0 Å². The number of nitrogens with zero attached hydrogens (tertiary/aromatic N) is 1. The first kappa shape index (κ1) is 13.9. The number of urea groups is 1. The van der Waals surface area contributed by atoms with Crippen molar-refractivity contribution >= 4 is 17.5 Å². The van der Waals surface area contributed by atoms with E-state index in [1.165, 1.54) is 0 Å². The third kappa shape index (κ3) is 3.15. The minimum absolute atomic E-state index is 0.359. The molecule has 5 nitrogen and oxygen atoms in total. The molecule has 0 aliphatic heterocycles. The smallest absolute Gasteiger partial charge is 0.324 e. The lowest BCUT2D eigenvalue weighted by Gasteiger charge is -2.07. The molecule has 22 heavy (non-hydrogen) atoms. The predicted octanol–water partition coefficient (Wildman–Crippen LogP) is 4.29. The molecule has 0 spiro atoms. The van der Waals surface area contributed by atoms with Crippen molar-refractivity contribution in [2.75, 3.05) is 10.6 Å². The maximum atomic E-state index is 12.0. The minimum Gasteiger partial charge on any atom is -0.354 e. The van der Waals surface area contributed by atoms with E-state index in [1.807, 2.05) is 61.5 Å². The number of amides is 2. The molecule has 0 unspecified atom stereocenters. The van der Waals surface area contributed by atoms with Gasteiger partial charge in [0.25, 0.3) is 0 Å². The molecule has 0 saturated carbocycles. The molecule has 0 saturated heterocycles. The summed E-state index contributed by atoms with van der Waals surface area (Å²) in [7, 11) is 0. The standard InChI is InChI=1S/C17H15N3O2/c1-12-7-5-6-10-14(12)18-17(21)19-16-11-15(22-20-16)13-8-3-2-4-9-13/h2-11H,1H3,(H2,18,19,20,21). The molecule has 5 heteroatoms. The molecule has 0 fully saturated rings. The van der Waals surface area contributed by atoms with E-state index >= 15 is 0 Å². The van der Waals surface area contributed by atoms with Gasteiger partial charge in [0.15, 0.2) is 11.6 Å². The highest BCUT2D eigenvalue weighted by atomic mass is 16.5. The van der Waals surface area contributed by atoms with E-state index in [2.05, 4.69) is 15.8 Å². The molecule has 0 aliphatic rings. The average Bonchev–Trinajstić information content (AvgIpc) is 2.99. The van der Waals surface area contributed by atoms with Gasteiger partial charge in [-0.2, -0.15) is 0 Å². The Morgan fingerprint density at radius 2 is 1.73 bits per heavy atom. The van der Waals surface area contributed by atoms with Crippen LogP contribution in [0.3, 0.4) is 0 Å². The van der Waals surface area contributed by atoms with E-state index in [1.54, 1.807) is 6.07 Å². The van der Waals surface area contributed by atoms with E-state index in [4.69, 9.17) is 4.52 Å². The van der Waals surface area contributed by atoms with E-state index in [-0.39, 0.29) is 6.03 Å². The summed E-state index contributed by atoms with van der Waals surface area (Å²) in [5, 5.41) is 9.28. The maximum absolute atomic E-state index is 12.0. The fourth-order valence-corrected chi connectivity index (χ4v) is 2.06. The van der Waals surface area contributed by atoms with Gasteiger partial charge in [-0.05, 0) is 18.6 Å². The maximum Gasteiger partial charge on any atom is 0.324 e. The summed E-state index contributed by atoms with van der Waals surface area (Å²) in [4.78, 5) is 12.0. The van der Waals surface area contributed by atoms with Gasteiger partial charge in [-0.3, -0.25) is 5.32 Å². The second kappa shape index (κ2) is 6.13. The summed E-state index contributed by atoms with van der Waals surface area (Å²) in [6, 6.07) is 18.5. The van der Waals surface area contributed by atoms with Crippen molar-refractivity contribution in [1.29, 1.82) is 0 Å². The van der Waals surface area contributed by atoms with Crippen molar-refractivity contribution in [1.82, 2.24) is 5.16 Å². The number of hydrogen-bond donors (Lipinski definition) is 2. The van der Waals surface area contributed by atoms with E-state index in [0.717, 1.165) is 16.8 Å². The Morgan fingerprint density at radius 3 is 2.50 bits per heavy atom. The van der Waals surface area contributed by atoms with Crippen LogP contribution in [0.5, 0.6) is 0 Å². The van der Waals surface area contributed by atoms with Crippen molar-refractivity contribution in [3.05, 3.63) is 66.2 Å². The average molecular weight is 293 g/mol. The number of anilines is 2. The molecule has 3 rings (SSSR count). The lowest BCUT2D eigenvalue weighted by molar-refractivity contribution is 0.262. The van der Waals surface area contributed by atoms with Gasteiger partial charge in [0.05, 0.1) is 0 Å². The largest absolute Gasteiger partial charge is 0.354 e. The van der Waals surface area contributed by atoms with Gasteiger partial charge in [-0.25, -0.2) is 4.79 Å². The molecule has 0 bridgehead atoms. The van der Waals surface area contributed by atoms with Crippen LogP contribution >= 0.6 is 0 Å².